The van der Waals surface area contributed by atoms with E-state index in [4.69, 9.17) is 0 Å². The van der Waals surface area contributed by atoms with Crippen LogP contribution in [0.2, 0.25) is 13.1 Å². The van der Waals surface area contributed by atoms with Crippen molar-refractivity contribution >= 4 is 24.2 Å². The number of hydrogen-bond acceptors (Lipinski definition) is 1. The average molecular weight is 331 g/mol. The van der Waals surface area contributed by atoms with Gasteiger partial charge in [0.2, 0.25) is 0 Å². The van der Waals surface area contributed by atoms with E-state index in [1.807, 2.05) is 43.3 Å². The smallest absolute Gasteiger partial charge is 0.193 e. The van der Waals surface area contributed by atoms with E-state index in [0.29, 0.717) is 0 Å². The van der Waals surface area contributed by atoms with Gasteiger partial charge in [-0.05, 0) is 6.92 Å². The van der Waals surface area contributed by atoms with Crippen molar-refractivity contribution in [2.24, 2.45) is 0 Å². The van der Waals surface area contributed by atoms with Gasteiger partial charge in [0.05, 0.1) is 0 Å². The molecule has 0 aliphatic heterocycles. The number of benzene rings is 3. The standard InChI is InChI=1S/C22H22OSi/c1-17-9-11-18(12-10-17)22(23)19-13-15-21(16-14-19)24(2,3)20-7-5-4-6-8-20/h4-16H,1-3H3. The molecular formula is C22H22OSi. The Labute approximate surface area is 145 Å². The van der Waals surface area contributed by atoms with Crippen molar-refractivity contribution in [1.29, 1.82) is 0 Å². The summed E-state index contributed by atoms with van der Waals surface area (Å²) in [6, 6.07) is 26.6. The van der Waals surface area contributed by atoms with Crippen LogP contribution in [0.4, 0.5) is 0 Å². The zero-order valence-electron chi connectivity index (χ0n) is 14.4. The fourth-order valence-corrected chi connectivity index (χ4v) is 5.29. The summed E-state index contributed by atoms with van der Waals surface area (Å²) in [6.45, 7) is 6.72. The molecule has 3 aromatic rings. The Balaban J connectivity index is 1.88. The van der Waals surface area contributed by atoms with Crippen molar-refractivity contribution < 1.29 is 4.79 Å². The van der Waals surface area contributed by atoms with Crippen LogP contribution in [0.1, 0.15) is 21.5 Å². The molecule has 0 aromatic heterocycles. The van der Waals surface area contributed by atoms with E-state index in [0.717, 1.165) is 16.7 Å². The first kappa shape index (κ1) is 16.4. The topological polar surface area (TPSA) is 17.1 Å². The molecule has 2 heteroatoms. The van der Waals surface area contributed by atoms with Crippen LogP contribution in [0, 0.1) is 6.92 Å². The second-order valence-electron chi connectivity index (χ2n) is 6.76. The van der Waals surface area contributed by atoms with E-state index in [9.17, 15) is 4.79 Å². The van der Waals surface area contributed by atoms with Crippen molar-refractivity contribution in [1.82, 2.24) is 0 Å². The van der Waals surface area contributed by atoms with Gasteiger partial charge in [-0.3, -0.25) is 4.79 Å². The number of ketones is 1. The number of carbonyl (C=O) groups is 1. The van der Waals surface area contributed by atoms with Crippen molar-refractivity contribution in [2.75, 3.05) is 0 Å². The van der Waals surface area contributed by atoms with Gasteiger partial charge in [0.1, 0.15) is 8.07 Å². The molecule has 0 saturated heterocycles. The van der Waals surface area contributed by atoms with E-state index in [-0.39, 0.29) is 5.78 Å². The number of aryl methyl sites for hydroxylation is 1. The van der Waals surface area contributed by atoms with E-state index in [2.05, 4.69) is 55.6 Å². The molecule has 3 rings (SSSR count). The molecule has 0 aliphatic rings. The Bertz CT molecular complexity index is 831. The summed E-state index contributed by atoms with van der Waals surface area (Å²) in [7, 11) is -1.71. The van der Waals surface area contributed by atoms with E-state index < -0.39 is 8.07 Å². The molecule has 1 nitrogen and oxygen atoms in total. The molecule has 0 fully saturated rings. The van der Waals surface area contributed by atoms with Gasteiger partial charge in [-0.2, -0.15) is 0 Å². The maximum absolute atomic E-state index is 12.6. The highest BCUT2D eigenvalue weighted by atomic mass is 28.3. The minimum atomic E-state index is -1.71. The van der Waals surface area contributed by atoms with Gasteiger partial charge in [-0.1, -0.05) is 108 Å². The van der Waals surface area contributed by atoms with Crippen LogP contribution in [0.5, 0.6) is 0 Å². The summed E-state index contributed by atoms with van der Waals surface area (Å²) in [5, 5.41) is 2.75. The first-order chi connectivity index (χ1) is 11.5. The monoisotopic (exact) mass is 330 g/mol. The lowest BCUT2D eigenvalue weighted by Gasteiger charge is -2.23. The van der Waals surface area contributed by atoms with E-state index >= 15 is 0 Å². The number of rotatable bonds is 4. The summed E-state index contributed by atoms with van der Waals surface area (Å²) in [5.41, 5.74) is 2.66. The first-order valence-corrected chi connectivity index (χ1v) is 11.3. The molecule has 0 N–H and O–H groups in total. The van der Waals surface area contributed by atoms with Crippen LogP contribution < -0.4 is 10.4 Å². The highest BCUT2D eigenvalue weighted by Crippen LogP contribution is 2.12. The van der Waals surface area contributed by atoms with Crippen LogP contribution in [-0.2, 0) is 0 Å². The second kappa shape index (κ2) is 6.58. The first-order valence-electron chi connectivity index (χ1n) is 8.26. The third-order valence-corrected chi connectivity index (χ3v) is 8.23. The van der Waals surface area contributed by atoms with Crippen LogP contribution in [0.3, 0.4) is 0 Å². The molecule has 0 atom stereocenters. The Morgan fingerprint density at radius 2 is 1.12 bits per heavy atom. The molecule has 0 heterocycles. The minimum Gasteiger partial charge on any atom is -0.289 e. The molecule has 0 unspecified atom stereocenters. The lowest BCUT2D eigenvalue weighted by Crippen LogP contribution is -2.52. The van der Waals surface area contributed by atoms with Crippen molar-refractivity contribution in [3.05, 3.63) is 95.6 Å². The number of hydrogen-bond donors (Lipinski definition) is 0. The quantitative estimate of drug-likeness (QED) is 0.521. The maximum atomic E-state index is 12.6. The summed E-state index contributed by atoms with van der Waals surface area (Å²) in [4.78, 5) is 12.6. The SMILES string of the molecule is Cc1ccc(C(=O)c2ccc([Si](C)(C)c3ccccc3)cc2)cc1. The van der Waals surface area contributed by atoms with Gasteiger partial charge < -0.3 is 0 Å². The lowest BCUT2D eigenvalue weighted by molar-refractivity contribution is 0.103. The molecule has 0 bridgehead atoms. The van der Waals surface area contributed by atoms with Crippen molar-refractivity contribution in [3.63, 3.8) is 0 Å². The van der Waals surface area contributed by atoms with Gasteiger partial charge in [-0.15, -0.1) is 0 Å². The van der Waals surface area contributed by atoms with Crippen LogP contribution in [0.25, 0.3) is 0 Å². The van der Waals surface area contributed by atoms with Crippen LogP contribution in [-0.4, -0.2) is 13.9 Å². The van der Waals surface area contributed by atoms with Crippen LogP contribution >= 0.6 is 0 Å². The molecule has 3 aromatic carbocycles. The Morgan fingerprint density at radius 3 is 1.67 bits per heavy atom. The maximum Gasteiger partial charge on any atom is 0.193 e. The zero-order chi connectivity index (χ0) is 17.2. The molecule has 0 amide bonds. The lowest BCUT2D eigenvalue weighted by atomic mass is 10.0. The summed E-state index contributed by atoms with van der Waals surface area (Å²) in [5.74, 6) is 0.0840. The molecule has 120 valence electrons. The van der Waals surface area contributed by atoms with Gasteiger partial charge in [-0.25, -0.2) is 0 Å². The zero-order valence-corrected chi connectivity index (χ0v) is 15.4. The van der Waals surface area contributed by atoms with Gasteiger partial charge in [0.25, 0.3) is 0 Å². The molecule has 0 spiro atoms. The predicted molar refractivity (Wildman–Crippen MR) is 104 cm³/mol. The highest BCUT2D eigenvalue weighted by molar-refractivity contribution is 7.00. The highest BCUT2D eigenvalue weighted by Gasteiger charge is 2.25. The van der Waals surface area contributed by atoms with Crippen LogP contribution in [0.15, 0.2) is 78.9 Å². The average Bonchev–Trinajstić information content (AvgIpc) is 2.62. The second-order valence-corrected chi connectivity index (χ2v) is 11.2. The third-order valence-electron chi connectivity index (χ3n) is 4.68. The number of carbonyl (C=O) groups excluding carboxylic acids is 1. The molecule has 0 aliphatic carbocycles. The Hall–Kier alpha value is -2.45. The molecule has 0 radical (unpaired) electrons. The molecule has 0 saturated carbocycles. The third kappa shape index (κ3) is 3.24. The predicted octanol–water partition coefficient (Wildman–Crippen LogP) is 4.05. The normalized spacial score (nSPS) is 11.3. The van der Waals surface area contributed by atoms with Crippen molar-refractivity contribution in [2.45, 2.75) is 20.0 Å². The fourth-order valence-electron chi connectivity index (χ4n) is 2.93. The molecule has 24 heavy (non-hydrogen) atoms. The van der Waals surface area contributed by atoms with Gasteiger partial charge in [0, 0.05) is 11.1 Å². The summed E-state index contributed by atoms with van der Waals surface area (Å²) < 4.78 is 0. The summed E-state index contributed by atoms with van der Waals surface area (Å²) in [6.07, 6.45) is 0. The fraction of sp³-hybridized carbons (Fsp3) is 0.136. The Kier molecular flexibility index (Phi) is 4.50. The van der Waals surface area contributed by atoms with Gasteiger partial charge >= 0.3 is 0 Å². The molecular weight excluding hydrogens is 308 g/mol. The van der Waals surface area contributed by atoms with Crippen molar-refractivity contribution in [3.8, 4) is 0 Å². The minimum absolute atomic E-state index is 0.0840. The largest absolute Gasteiger partial charge is 0.289 e. The Morgan fingerprint density at radius 1 is 0.667 bits per heavy atom. The van der Waals surface area contributed by atoms with Gasteiger partial charge in [0.15, 0.2) is 5.78 Å². The van der Waals surface area contributed by atoms with E-state index in [1.165, 1.54) is 10.4 Å². The summed E-state index contributed by atoms with van der Waals surface area (Å²) >= 11 is 0. The van der Waals surface area contributed by atoms with E-state index in [1.54, 1.807) is 0 Å².